The van der Waals surface area contributed by atoms with E-state index in [1.54, 1.807) is 7.11 Å². The lowest BCUT2D eigenvalue weighted by atomic mass is 10.1. The summed E-state index contributed by atoms with van der Waals surface area (Å²) in [5.74, 6) is -0.0610. The Kier molecular flexibility index (Phi) is 6.42. The minimum Gasteiger partial charge on any atom is -0.383 e. The summed E-state index contributed by atoms with van der Waals surface area (Å²) in [6.45, 7) is 4.26. The van der Waals surface area contributed by atoms with E-state index in [0.717, 1.165) is 32.7 Å². The van der Waals surface area contributed by atoms with Gasteiger partial charge in [-0.25, -0.2) is 9.18 Å². The van der Waals surface area contributed by atoms with Crippen LogP contribution in [0.15, 0.2) is 18.2 Å². The number of carbonyl (C=O) groups excluding carboxylic acids is 1. The number of hydrogen-bond acceptors (Lipinski definition) is 3. The van der Waals surface area contributed by atoms with E-state index in [4.69, 9.17) is 16.3 Å². The highest BCUT2D eigenvalue weighted by Gasteiger charge is 2.22. The van der Waals surface area contributed by atoms with Crippen LogP contribution >= 0.6 is 11.6 Å². The maximum absolute atomic E-state index is 13.0. The zero-order valence-electron chi connectivity index (χ0n) is 12.6. The third-order valence-corrected chi connectivity index (χ3v) is 4.00. The molecule has 0 saturated carbocycles. The van der Waals surface area contributed by atoms with Crippen LogP contribution in [0.1, 0.15) is 6.42 Å². The largest absolute Gasteiger partial charge is 0.383 e. The van der Waals surface area contributed by atoms with Gasteiger partial charge in [-0.15, -0.1) is 0 Å². The highest BCUT2D eigenvalue weighted by Crippen LogP contribution is 2.19. The molecular formula is C15H21ClFN3O2. The number of benzene rings is 1. The topological polar surface area (TPSA) is 53.6 Å². The van der Waals surface area contributed by atoms with Crippen molar-refractivity contribution in [2.45, 2.75) is 6.42 Å². The molecule has 0 bridgehead atoms. The van der Waals surface area contributed by atoms with E-state index >= 15 is 0 Å². The third-order valence-electron chi connectivity index (χ3n) is 3.71. The molecule has 0 spiro atoms. The number of likely N-dealkylation sites (tertiary alicyclic amines) is 1. The van der Waals surface area contributed by atoms with Gasteiger partial charge in [0.1, 0.15) is 5.82 Å². The Labute approximate surface area is 134 Å². The molecule has 2 amide bonds. The summed E-state index contributed by atoms with van der Waals surface area (Å²) in [6.07, 6.45) is 1.06. The first-order valence-electron chi connectivity index (χ1n) is 7.29. The Morgan fingerprint density at radius 1 is 1.55 bits per heavy atom. The van der Waals surface area contributed by atoms with Crippen molar-refractivity contribution in [1.29, 1.82) is 0 Å². The first-order chi connectivity index (χ1) is 10.6. The standard InChI is InChI=1S/C15H21ClFN3O2/c1-22-7-6-20-5-4-11(10-20)9-18-15(21)19-12-2-3-14(17)13(16)8-12/h2-3,8,11H,4-7,9-10H2,1H3,(H2,18,19,21)/t11-/m0/s1. The Balaban J connectivity index is 1.71. The van der Waals surface area contributed by atoms with Crippen LogP contribution in [0.3, 0.4) is 0 Å². The molecule has 1 aromatic rings. The zero-order chi connectivity index (χ0) is 15.9. The number of methoxy groups -OCH3 is 1. The molecule has 1 fully saturated rings. The van der Waals surface area contributed by atoms with Crippen LogP contribution in [0, 0.1) is 11.7 Å². The minimum atomic E-state index is -0.505. The van der Waals surface area contributed by atoms with Gasteiger partial charge in [0.15, 0.2) is 0 Å². The second-order valence-corrected chi connectivity index (χ2v) is 5.82. The van der Waals surface area contributed by atoms with Crippen molar-refractivity contribution in [1.82, 2.24) is 10.2 Å². The average molecular weight is 330 g/mol. The molecule has 122 valence electrons. The van der Waals surface area contributed by atoms with E-state index in [1.165, 1.54) is 18.2 Å². The van der Waals surface area contributed by atoms with Crippen LogP contribution in [0.25, 0.3) is 0 Å². The monoisotopic (exact) mass is 329 g/mol. The number of carbonyl (C=O) groups is 1. The van der Waals surface area contributed by atoms with Gasteiger partial charge in [-0.05, 0) is 37.1 Å². The van der Waals surface area contributed by atoms with E-state index in [2.05, 4.69) is 15.5 Å². The Hall–Kier alpha value is -1.37. The predicted octanol–water partition coefficient (Wildman–Crippen LogP) is 2.57. The number of urea groups is 1. The molecule has 1 saturated heterocycles. The maximum Gasteiger partial charge on any atom is 0.319 e. The molecule has 1 atom stereocenters. The van der Waals surface area contributed by atoms with Gasteiger partial charge in [0, 0.05) is 32.4 Å². The van der Waals surface area contributed by atoms with Gasteiger partial charge < -0.3 is 20.3 Å². The summed E-state index contributed by atoms with van der Waals surface area (Å²) < 4.78 is 18.1. The quantitative estimate of drug-likeness (QED) is 0.843. The lowest BCUT2D eigenvalue weighted by Crippen LogP contribution is -2.34. The molecule has 2 rings (SSSR count). The fraction of sp³-hybridized carbons (Fsp3) is 0.533. The van der Waals surface area contributed by atoms with E-state index < -0.39 is 5.82 Å². The lowest BCUT2D eigenvalue weighted by molar-refractivity contribution is 0.159. The van der Waals surface area contributed by atoms with Crippen molar-refractivity contribution in [2.24, 2.45) is 5.92 Å². The van der Waals surface area contributed by atoms with E-state index in [1.807, 2.05) is 0 Å². The van der Waals surface area contributed by atoms with Crippen LogP contribution in [0.5, 0.6) is 0 Å². The van der Waals surface area contributed by atoms with Crippen molar-refractivity contribution >= 4 is 23.3 Å². The molecule has 0 unspecified atom stereocenters. The number of rotatable bonds is 6. The van der Waals surface area contributed by atoms with Crippen LogP contribution in [-0.4, -0.2) is 50.8 Å². The number of ether oxygens (including phenoxy) is 1. The van der Waals surface area contributed by atoms with Crippen molar-refractivity contribution < 1.29 is 13.9 Å². The van der Waals surface area contributed by atoms with Gasteiger partial charge in [-0.2, -0.15) is 0 Å². The van der Waals surface area contributed by atoms with Crippen molar-refractivity contribution in [2.75, 3.05) is 45.2 Å². The van der Waals surface area contributed by atoms with Crippen molar-refractivity contribution in [3.8, 4) is 0 Å². The van der Waals surface area contributed by atoms with Gasteiger partial charge in [0.05, 0.1) is 11.6 Å². The first kappa shape index (κ1) is 17.0. The second-order valence-electron chi connectivity index (χ2n) is 5.41. The molecule has 7 heteroatoms. The van der Waals surface area contributed by atoms with E-state index in [-0.39, 0.29) is 11.1 Å². The number of anilines is 1. The van der Waals surface area contributed by atoms with Crippen LogP contribution in [0.2, 0.25) is 5.02 Å². The first-order valence-corrected chi connectivity index (χ1v) is 7.67. The van der Waals surface area contributed by atoms with Crippen LogP contribution in [0.4, 0.5) is 14.9 Å². The molecular weight excluding hydrogens is 309 g/mol. The molecule has 22 heavy (non-hydrogen) atoms. The molecule has 1 aromatic carbocycles. The number of nitrogens with one attached hydrogen (secondary N) is 2. The smallest absolute Gasteiger partial charge is 0.319 e. The van der Waals surface area contributed by atoms with Gasteiger partial charge in [0.25, 0.3) is 0 Å². The molecule has 0 aromatic heterocycles. The van der Waals surface area contributed by atoms with E-state index in [0.29, 0.717) is 18.2 Å². The van der Waals surface area contributed by atoms with Crippen LogP contribution in [-0.2, 0) is 4.74 Å². The molecule has 1 heterocycles. The molecule has 0 aliphatic carbocycles. The summed E-state index contributed by atoms with van der Waals surface area (Å²) in [5.41, 5.74) is 0.469. The summed E-state index contributed by atoms with van der Waals surface area (Å²) in [6, 6.07) is 3.78. The third kappa shape index (κ3) is 5.12. The van der Waals surface area contributed by atoms with Crippen LogP contribution < -0.4 is 10.6 Å². The molecule has 2 N–H and O–H groups in total. The zero-order valence-corrected chi connectivity index (χ0v) is 13.3. The normalized spacial score (nSPS) is 18.4. The Bertz CT molecular complexity index is 516. The molecule has 1 aliphatic heterocycles. The Morgan fingerprint density at radius 3 is 3.09 bits per heavy atom. The minimum absolute atomic E-state index is 0.0117. The predicted molar refractivity (Wildman–Crippen MR) is 84.9 cm³/mol. The molecule has 5 nitrogen and oxygen atoms in total. The van der Waals surface area contributed by atoms with Crippen molar-refractivity contribution in [3.63, 3.8) is 0 Å². The number of halogens is 2. The Morgan fingerprint density at radius 2 is 2.36 bits per heavy atom. The SMILES string of the molecule is COCCN1CC[C@@H](CNC(=O)Nc2ccc(F)c(Cl)c2)C1. The maximum atomic E-state index is 13.0. The van der Waals surface area contributed by atoms with Gasteiger partial charge in [0.2, 0.25) is 0 Å². The summed E-state index contributed by atoms with van der Waals surface area (Å²) in [7, 11) is 1.70. The van der Waals surface area contributed by atoms with Crippen molar-refractivity contribution in [3.05, 3.63) is 29.0 Å². The molecule has 1 aliphatic rings. The number of nitrogens with zero attached hydrogens (tertiary/aromatic N) is 1. The molecule has 0 radical (unpaired) electrons. The number of amides is 2. The fourth-order valence-corrected chi connectivity index (χ4v) is 2.67. The highest BCUT2D eigenvalue weighted by molar-refractivity contribution is 6.31. The summed E-state index contributed by atoms with van der Waals surface area (Å²) in [5, 5.41) is 5.47. The van der Waals surface area contributed by atoms with Gasteiger partial charge in [-0.1, -0.05) is 11.6 Å². The second kappa shape index (κ2) is 8.31. The fourth-order valence-electron chi connectivity index (χ4n) is 2.49. The highest BCUT2D eigenvalue weighted by atomic mass is 35.5. The van der Waals surface area contributed by atoms with Gasteiger partial charge >= 0.3 is 6.03 Å². The van der Waals surface area contributed by atoms with Gasteiger partial charge in [-0.3, -0.25) is 0 Å². The lowest BCUT2D eigenvalue weighted by Gasteiger charge is -2.15. The number of hydrogen-bond donors (Lipinski definition) is 2. The average Bonchev–Trinajstić information content (AvgIpc) is 2.95. The summed E-state index contributed by atoms with van der Waals surface area (Å²) >= 11 is 5.67. The summed E-state index contributed by atoms with van der Waals surface area (Å²) in [4.78, 5) is 14.2. The van der Waals surface area contributed by atoms with E-state index in [9.17, 15) is 9.18 Å².